The van der Waals surface area contributed by atoms with Crippen molar-refractivity contribution in [3.05, 3.63) is 59.7 Å². The maximum Gasteiger partial charge on any atom is 0.150 e. The van der Waals surface area contributed by atoms with E-state index >= 15 is 0 Å². The molecule has 0 atom stereocenters. The summed E-state index contributed by atoms with van der Waals surface area (Å²) >= 11 is 0. The number of aldehydes is 1. The van der Waals surface area contributed by atoms with Crippen molar-refractivity contribution < 1.29 is 4.79 Å². The summed E-state index contributed by atoms with van der Waals surface area (Å²) in [6.45, 7) is 0.511. The van der Waals surface area contributed by atoms with E-state index < -0.39 is 0 Å². The number of carbonyl (C=O) groups excluding carboxylic acids is 1. The lowest BCUT2D eigenvalue weighted by Gasteiger charge is -2.06. The van der Waals surface area contributed by atoms with Crippen LogP contribution in [0.4, 0.5) is 0 Å². The minimum atomic E-state index is 0.511. The fraction of sp³-hybridized carbons (Fsp3) is 0.0714. The van der Waals surface area contributed by atoms with Crippen LogP contribution in [0.2, 0.25) is 0 Å². The Kier molecular flexibility index (Phi) is 3.13. The van der Waals surface area contributed by atoms with Gasteiger partial charge in [-0.05, 0) is 22.8 Å². The highest BCUT2D eigenvalue weighted by Gasteiger charge is 2.03. The Bertz CT molecular complexity index is 506. The molecule has 16 heavy (non-hydrogen) atoms. The van der Waals surface area contributed by atoms with E-state index in [-0.39, 0.29) is 0 Å². The molecule has 0 radical (unpaired) electrons. The Balaban J connectivity index is 2.53. The van der Waals surface area contributed by atoms with Gasteiger partial charge in [0.1, 0.15) is 0 Å². The average Bonchev–Trinajstić information content (AvgIpc) is 2.38. The first-order valence-corrected chi connectivity index (χ1v) is 5.18. The molecule has 2 rings (SSSR count). The van der Waals surface area contributed by atoms with Crippen molar-refractivity contribution in [3.63, 3.8) is 0 Å². The van der Waals surface area contributed by atoms with Gasteiger partial charge in [0.2, 0.25) is 0 Å². The lowest BCUT2D eigenvalue weighted by atomic mass is 9.99. The molecule has 0 aliphatic rings. The summed E-state index contributed by atoms with van der Waals surface area (Å²) < 4.78 is 0. The first-order chi connectivity index (χ1) is 7.85. The molecule has 0 amide bonds. The van der Waals surface area contributed by atoms with Crippen molar-refractivity contribution in [2.75, 3.05) is 0 Å². The summed E-state index contributed by atoms with van der Waals surface area (Å²) in [5.41, 5.74) is 9.36. The molecule has 0 bridgehead atoms. The zero-order chi connectivity index (χ0) is 11.4. The largest absolute Gasteiger partial charge is 0.326 e. The van der Waals surface area contributed by atoms with Gasteiger partial charge in [0.05, 0.1) is 0 Å². The fourth-order valence-corrected chi connectivity index (χ4v) is 1.73. The van der Waals surface area contributed by atoms with Gasteiger partial charge in [-0.25, -0.2) is 0 Å². The molecule has 0 aromatic heterocycles. The van der Waals surface area contributed by atoms with E-state index in [1.807, 2.05) is 48.5 Å². The number of hydrogen-bond donors (Lipinski definition) is 1. The van der Waals surface area contributed by atoms with E-state index in [2.05, 4.69) is 0 Å². The van der Waals surface area contributed by atoms with Crippen molar-refractivity contribution in [2.24, 2.45) is 5.73 Å². The standard InChI is InChI=1S/C14H13NO/c15-9-11-4-3-6-12(8-11)14-7-2-1-5-13(14)10-16/h1-8,10H,9,15H2. The summed E-state index contributed by atoms with van der Waals surface area (Å²) in [6.07, 6.45) is 0.879. The number of benzene rings is 2. The summed E-state index contributed by atoms with van der Waals surface area (Å²) in [4.78, 5) is 10.9. The first kappa shape index (κ1) is 10.6. The molecule has 2 aromatic carbocycles. The maximum atomic E-state index is 10.9. The fourth-order valence-electron chi connectivity index (χ4n) is 1.73. The Morgan fingerprint density at radius 2 is 1.88 bits per heavy atom. The molecular weight excluding hydrogens is 198 g/mol. The van der Waals surface area contributed by atoms with Gasteiger partial charge in [-0.1, -0.05) is 42.5 Å². The van der Waals surface area contributed by atoms with Gasteiger partial charge in [0.15, 0.2) is 6.29 Å². The highest BCUT2D eigenvalue weighted by Crippen LogP contribution is 2.23. The van der Waals surface area contributed by atoms with Crippen LogP contribution in [-0.4, -0.2) is 6.29 Å². The highest BCUT2D eigenvalue weighted by molar-refractivity contribution is 5.87. The van der Waals surface area contributed by atoms with Crippen LogP contribution < -0.4 is 5.73 Å². The van der Waals surface area contributed by atoms with Gasteiger partial charge in [-0.3, -0.25) is 4.79 Å². The van der Waals surface area contributed by atoms with Crippen LogP contribution in [0.15, 0.2) is 48.5 Å². The third-order valence-corrected chi connectivity index (χ3v) is 2.56. The molecule has 0 saturated carbocycles. The van der Waals surface area contributed by atoms with Crippen LogP contribution in [0, 0.1) is 0 Å². The molecule has 2 nitrogen and oxygen atoms in total. The summed E-state index contributed by atoms with van der Waals surface area (Å²) in [7, 11) is 0. The third kappa shape index (κ3) is 2.02. The lowest BCUT2D eigenvalue weighted by molar-refractivity contribution is 0.112. The van der Waals surface area contributed by atoms with E-state index in [1.54, 1.807) is 0 Å². The Hall–Kier alpha value is -1.93. The molecule has 2 N–H and O–H groups in total. The van der Waals surface area contributed by atoms with Gasteiger partial charge in [-0.15, -0.1) is 0 Å². The average molecular weight is 211 g/mol. The topological polar surface area (TPSA) is 43.1 Å². The minimum absolute atomic E-state index is 0.511. The maximum absolute atomic E-state index is 10.9. The Morgan fingerprint density at radius 3 is 2.62 bits per heavy atom. The van der Waals surface area contributed by atoms with Gasteiger partial charge in [0.25, 0.3) is 0 Å². The molecule has 2 aromatic rings. The van der Waals surface area contributed by atoms with E-state index in [0.717, 1.165) is 23.0 Å². The lowest BCUT2D eigenvalue weighted by Crippen LogP contribution is -1.96. The molecule has 0 spiro atoms. The summed E-state index contributed by atoms with van der Waals surface area (Å²) in [5.74, 6) is 0. The normalized spacial score (nSPS) is 10.1. The van der Waals surface area contributed by atoms with Crippen LogP contribution in [-0.2, 0) is 6.54 Å². The molecule has 0 aliphatic carbocycles. The number of hydrogen-bond acceptors (Lipinski definition) is 2. The summed E-state index contributed by atoms with van der Waals surface area (Å²) in [6, 6.07) is 15.5. The van der Waals surface area contributed by atoms with Crippen LogP contribution in [0.5, 0.6) is 0 Å². The predicted molar refractivity (Wildman–Crippen MR) is 65.2 cm³/mol. The van der Waals surface area contributed by atoms with Crippen molar-refractivity contribution in [2.45, 2.75) is 6.54 Å². The molecule has 0 aliphatic heterocycles. The molecule has 2 heteroatoms. The van der Waals surface area contributed by atoms with Gasteiger partial charge in [-0.2, -0.15) is 0 Å². The molecule has 80 valence electrons. The smallest absolute Gasteiger partial charge is 0.150 e. The SMILES string of the molecule is NCc1cccc(-c2ccccc2C=O)c1. The van der Waals surface area contributed by atoms with Crippen LogP contribution in [0.1, 0.15) is 15.9 Å². The number of carbonyl (C=O) groups is 1. The number of rotatable bonds is 3. The second-order valence-electron chi connectivity index (χ2n) is 3.61. The number of nitrogens with two attached hydrogens (primary N) is 1. The zero-order valence-corrected chi connectivity index (χ0v) is 8.89. The van der Waals surface area contributed by atoms with Crippen LogP contribution >= 0.6 is 0 Å². The van der Waals surface area contributed by atoms with Crippen molar-refractivity contribution in [1.29, 1.82) is 0 Å². The van der Waals surface area contributed by atoms with Crippen LogP contribution in [0.3, 0.4) is 0 Å². The van der Waals surface area contributed by atoms with Gasteiger partial charge >= 0.3 is 0 Å². The molecule has 0 saturated heterocycles. The van der Waals surface area contributed by atoms with Gasteiger partial charge in [0, 0.05) is 12.1 Å². The molecular formula is C14H13NO. The quantitative estimate of drug-likeness (QED) is 0.793. The molecule has 0 heterocycles. The zero-order valence-electron chi connectivity index (χ0n) is 8.89. The molecule has 0 fully saturated rings. The Morgan fingerprint density at radius 1 is 1.06 bits per heavy atom. The van der Waals surface area contributed by atoms with E-state index in [0.29, 0.717) is 12.1 Å². The first-order valence-electron chi connectivity index (χ1n) is 5.18. The monoisotopic (exact) mass is 211 g/mol. The highest BCUT2D eigenvalue weighted by atomic mass is 16.1. The van der Waals surface area contributed by atoms with E-state index in [1.165, 1.54) is 0 Å². The third-order valence-electron chi connectivity index (χ3n) is 2.56. The second-order valence-corrected chi connectivity index (χ2v) is 3.61. The van der Waals surface area contributed by atoms with Crippen molar-refractivity contribution in [3.8, 4) is 11.1 Å². The molecule has 0 unspecified atom stereocenters. The van der Waals surface area contributed by atoms with Gasteiger partial charge < -0.3 is 5.73 Å². The second kappa shape index (κ2) is 4.73. The minimum Gasteiger partial charge on any atom is -0.326 e. The van der Waals surface area contributed by atoms with Crippen molar-refractivity contribution >= 4 is 6.29 Å². The van der Waals surface area contributed by atoms with Crippen LogP contribution in [0.25, 0.3) is 11.1 Å². The van der Waals surface area contributed by atoms with Crippen molar-refractivity contribution in [1.82, 2.24) is 0 Å². The Labute approximate surface area is 94.7 Å². The van der Waals surface area contributed by atoms with E-state index in [4.69, 9.17) is 5.73 Å². The summed E-state index contributed by atoms with van der Waals surface area (Å²) in [5, 5.41) is 0. The van der Waals surface area contributed by atoms with E-state index in [9.17, 15) is 4.79 Å². The predicted octanol–water partition coefficient (Wildman–Crippen LogP) is 2.62.